The number of carbonyl (C=O) groups excluding carboxylic acids is 1. The number of rotatable bonds is 4. The van der Waals surface area contributed by atoms with Crippen molar-refractivity contribution in [1.82, 2.24) is 0 Å². The van der Waals surface area contributed by atoms with E-state index in [1.165, 1.54) is 5.56 Å². The molecule has 0 aliphatic carbocycles. The molecule has 3 heteroatoms. The minimum atomic E-state index is 0.0277. The molecular formula is C20H25NOS. The van der Waals surface area contributed by atoms with Crippen LogP contribution in [-0.4, -0.2) is 11.7 Å². The Morgan fingerprint density at radius 2 is 1.57 bits per heavy atom. The number of carbonyl (C=O) groups is 1. The zero-order valence-electron chi connectivity index (χ0n) is 14.6. The highest BCUT2D eigenvalue weighted by Crippen LogP contribution is 2.25. The molecule has 2 aromatic carbocycles. The van der Waals surface area contributed by atoms with Crippen LogP contribution in [0.3, 0.4) is 0 Å². The van der Waals surface area contributed by atoms with E-state index in [4.69, 9.17) is 0 Å². The third-order valence-electron chi connectivity index (χ3n) is 3.60. The van der Waals surface area contributed by atoms with Crippen molar-refractivity contribution >= 4 is 23.4 Å². The molecule has 2 aromatic rings. The van der Waals surface area contributed by atoms with E-state index in [1.54, 1.807) is 11.8 Å². The highest BCUT2D eigenvalue weighted by molar-refractivity contribution is 8.00. The molecule has 2 rings (SSSR count). The average Bonchev–Trinajstić information content (AvgIpc) is 2.43. The van der Waals surface area contributed by atoms with Gasteiger partial charge in [0.25, 0.3) is 0 Å². The lowest BCUT2D eigenvalue weighted by Gasteiger charge is -2.19. The standard InChI is InChI=1S/C20H25NOS/c1-14-10-15(2)12-17(11-14)21-19(22)13-23-18-8-6-16(7-9-18)20(3,4)5/h6-12H,13H2,1-5H3,(H,21,22). The maximum Gasteiger partial charge on any atom is 0.234 e. The lowest BCUT2D eigenvalue weighted by molar-refractivity contribution is -0.113. The van der Waals surface area contributed by atoms with Crippen molar-refractivity contribution in [2.75, 3.05) is 11.1 Å². The van der Waals surface area contributed by atoms with Gasteiger partial charge in [-0.15, -0.1) is 11.8 Å². The fourth-order valence-corrected chi connectivity index (χ4v) is 3.14. The van der Waals surface area contributed by atoms with Gasteiger partial charge in [-0.3, -0.25) is 4.79 Å². The van der Waals surface area contributed by atoms with E-state index in [1.807, 2.05) is 26.0 Å². The molecule has 0 heterocycles. The molecule has 1 N–H and O–H groups in total. The summed E-state index contributed by atoms with van der Waals surface area (Å²) in [5, 5.41) is 2.97. The number of anilines is 1. The van der Waals surface area contributed by atoms with Crippen LogP contribution in [0.4, 0.5) is 5.69 Å². The molecule has 122 valence electrons. The molecule has 0 atom stereocenters. The maximum absolute atomic E-state index is 12.1. The van der Waals surface area contributed by atoms with Crippen molar-refractivity contribution in [2.45, 2.75) is 44.9 Å². The molecule has 0 saturated heterocycles. The van der Waals surface area contributed by atoms with Gasteiger partial charge in [0.2, 0.25) is 5.91 Å². The second kappa shape index (κ2) is 7.22. The van der Waals surface area contributed by atoms with Gasteiger partial charge in [0, 0.05) is 10.6 Å². The summed E-state index contributed by atoms with van der Waals surface area (Å²) >= 11 is 1.56. The van der Waals surface area contributed by atoms with E-state index in [0.29, 0.717) is 5.75 Å². The lowest BCUT2D eigenvalue weighted by Crippen LogP contribution is -2.14. The topological polar surface area (TPSA) is 29.1 Å². The number of amides is 1. The second-order valence-electron chi connectivity index (χ2n) is 6.99. The third kappa shape index (κ3) is 5.43. The molecule has 0 unspecified atom stereocenters. The van der Waals surface area contributed by atoms with Crippen LogP contribution in [-0.2, 0) is 10.2 Å². The quantitative estimate of drug-likeness (QED) is 0.769. The van der Waals surface area contributed by atoms with Crippen LogP contribution in [0.1, 0.15) is 37.5 Å². The zero-order valence-corrected chi connectivity index (χ0v) is 15.4. The highest BCUT2D eigenvalue weighted by atomic mass is 32.2. The molecule has 0 spiro atoms. The summed E-state index contributed by atoms with van der Waals surface area (Å²) in [5.41, 5.74) is 4.65. The van der Waals surface area contributed by atoms with Gasteiger partial charge in [0.1, 0.15) is 0 Å². The lowest BCUT2D eigenvalue weighted by atomic mass is 9.87. The van der Waals surface area contributed by atoms with Crippen LogP contribution in [0.2, 0.25) is 0 Å². The summed E-state index contributed by atoms with van der Waals surface area (Å²) in [6.45, 7) is 10.7. The predicted molar refractivity (Wildman–Crippen MR) is 100 cm³/mol. The van der Waals surface area contributed by atoms with Crippen LogP contribution in [0, 0.1) is 13.8 Å². The fraction of sp³-hybridized carbons (Fsp3) is 0.350. The Balaban J connectivity index is 1.91. The van der Waals surface area contributed by atoms with E-state index in [2.05, 4.69) is 56.4 Å². The van der Waals surface area contributed by atoms with Gasteiger partial charge in [0.15, 0.2) is 0 Å². The van der Waals surface area contributed by atoms with Gasteiger partial charge < -0.3 is 5.32 Å². The molecule has 0 fully saturated rings. The molecular weight excluding hydrogens is 302 g/mol. The molecule has 0 aliphatic heterocycles. The van der Waals surface area contributed by atoms with Crippen molar-refractivity contribution in [1.29, 1.82) is 0 Å². The summed E-state index contributed by atoms with van der Waals surface area (Å²) in [4.78, 5) is 13.2. The van der Waals surface area contributed by atoms with Crippen LogP contribution in [0.25, 0.3) is 0 Å². The third-order valence-corrected chi connectivity index (χ3v) is 4.61. The Kier molecular flexibility index (Phi) is 5.53. The molecule has 0 aliphatic rings. The van der Waals surface area contributed by atoms with Gasteiger partial charge in [0.05, 0.1) is 5.75 Å². The van der Waals surface area contributed by atoms with Crippen LogP contribution < -0.4 is 5.32 Å². The van der Waals surface area contributed by atoms with Gasteiger partial charge in [-0.2, -0.15) is 0 Å². The van der Waals surface area contributed by atoms with Crippen LogP contribution in [0.15, 0.2) is 47.4 Å². The number of hydrogen-bond acceptors (Lipinski definition) is 2. The van der Waals surface area contributed by atoms with Gasteiger partial charge in [-0.25, -0.2) is 0 Å². The molecule has 0 aromatic heterocycles. The average molecular weight is 327 g/mol. The number of hydrogen-bond donors (Lipinski definition) is 1. The Bertz CT molecular complexity index is 664. The predicted octanol–water partition coefficient (Wildman–Crippen LogP) is 5.33. The van der Waals surface area contributed by atoms with Gasteiger partial charge in [-0.1, -0.05) is 39.0 Å². The fourth-order valence-electron chi connectivity index (χ4n) is 2.44. The minimum Gasteiger partial charge on any atom is -0.325 e. The minimum absolute atomic E-state index is 0.0277. The normalized spacial score (nSPS) is 11.3. The summed E-state index contributed by atoms with van der Waals surface area (Å²) < 4.78 is 0. The molecule has 0 radical (unpaired) electrons. The summed E-state index contributed by atoms with van der Waals surface area (Å²) in [5.74, 6) is 0.446. The van der Waals surface area contributed by atoms with Gasteiger partial charge >= 0.3 is 0 Å². The largest absolute Gasteiger partial charge is 0.325 e. The van der Waals surface area contributed by atoms with Crippen LogP contribution >= 0.6 is 11.8 Å². The van der Waals surface area contributed by atoms with Crippen LogP contribution in [0.5, 0.6) is 0 Å². The SMILES string of the molecule is Cc1cc(C)cc(NC(=O)CSc2ccc(C(C)(C)C)cc2)c1. The van der Waals surface area contributed by atoms with E-state index in [-0.39, 0.29) is 11.3 Å². The van der Waals surface area contributed by atoms with Crippen molar-refractivity contribution < 1.29 is 4.79 Å². The van der Waals surface area contributed by atoms with Crippen molar-refractivity contribution in [3.8, 4) is 0 Å². The number of aryl methyl sites for hydroxylation is 2. The Hall–Kier alpha value is -1.74. The van der Waals surface area contributed by atoms with Crippen molar-refractivity contribution in [3.05, 3.63) is 59.2 Å². The Labute approximate surface area is 143 Å². The number of nitrogens with one attached hydrogen (secondary N) is 1. The van der Waals surface area contributed by atoms with E-state index in [0.717, 1.165) is 21.7 Å². The van der Waals surface area contributed by atoms with E-state index >= 15 is 0 Å². The number of thioether (sulfide) groups is 1. The maximum atomic E-state index is 12.1. The highest BCUT2D eigenvalue weighted by Gasteiger charge is 2.13. The first kappa shape index (κ1) is 17.6. The first-order valence-corrected chi connectivity index (χ1v) is 8.84. The van der Waals surface area contributed by atoms with Crippen molar-refractivity contribution in [3.63, 3.8) is 0 Å². The number of benzene rings is 2. The second-order valence-corrected chi connectivity index (χ2v) is 8.04. The molecule has 0 bridgehead atoms. The Morgan fingerprint density at radius 3 is 2.09 bits per heavy atom. The molecule has 0 saturated carbocycles. The molecule has 1 amide bonds. The Morgan fingerprint density at radius 1 is 1.00 bits per heavy atom. The van der Waals surface area contributed by atoms with Crippen molar-refractivity contribution in [2.24, 2.45) is 0 Å². The van der Waals surface area contributed by atoms with E-state index in [9.17, 15) is 4.79 Å². The first-order valence-electron chi connectivity index (χ1n) is 7.85. The van der Waals surface area contributed by atoms with Gasteiger partial charge in [-0.05, 0) is 60.2 Å². The summed E-state index contributed by atoms with van der Waals surface area (Å²) in [6, 6.07) is 14.6. The summed E-state index contributed by atoms with van der Waals surface area (Å²) in [6.07, 6.45) is 0. The monoisotopic (exact) mass is 327 g/mol. The zero-order chi connectivity index (χ0) is 17.0. The summed E-state index contributed by atoms with van der Waals surface area (Å²) in [7, 11) is 0. The van der Waals surface area contributed by atoms with E-state index < -0.39 is 0 Å². The smallest absolute Gasteiger partial charge is 0.234 e. The molecule has 23 heavy (non-hydrogen) atoms. The first-order chi connectivity index (χ1) is 10.7. The molecule has 2 nitrogen and oxygen atoms in total.